The second kappa shape index (κ2) is 9.41. The minimum Gasteiger partial charge on any atom is -0.321 e. The van der Waals surface area contributed by atoms with Crippen LogP contribution in [0.2, 0.25) is 0 Å². The van der Waals surface area contributed by atoms with E-state index in [1.54, 1.807) is 10.9 Å². The van der Waals surface area contributed by atoms with Crippen molar-refractivity contribution in [3.05, 3.63) is 112 Å². The van der Waals surface area contributed by atoms with Gasteiger partial charge in [-0.3, -0.25) is 14.9 Å². The number of hydrogen-bond acceptors (Lipinski definition) is 5. The number of anilines is 1. The summed E-state index contributed by atoms with van der Waals surface area (Å²) in [5, 5.41) is 27.7. The molecule has 0 unspecified atom stereocenters. The van der Waals surface area contributed by atoms with Gasteiger partial charge in [0.15, 0.2) is 0 Å². The molecule has 0 saturated heterocycles. The SMILES string of the molecule is N#CC(=Cc1cn(-c2ccccc2)nc1-c1ccccc1)C(=O)Nc1ccc([N+](=O)[O-])cc1. The molecule has 0 aliphatic heterocycles. The number of amides is 1. The topological polar surface area (TPSA) is 114 Å². The van der Waals surface area contributed by atoms with Crippen molar-refractivity contribution in [2.75, 3.05) is 5.32 Å². The number of nitro groups is 1. The smallest absolute Gasteiger partial charge is 0.269 e. The predicted octanol–water partition coefficient (Wildman–Crippen LogP) is 4.99. The van der Waals surface area contributed by atoms with Gasteiger partial charge < -0.3 is 5.32 Å². The van der Waals surface area contributed by atoms with E-state index in [1.165, 1.54) is 30.3 Å². The third kappa shape index (κ3) is 4.84. The lowest BCUT2D eigenvalue weighted by Gasteiger charge is -2.04. The molecule has 0 radical (unpaired) electrons. The zero-order valence-electron chi connectivity index (χ0n) is 17.3. The quantitative estimate of drug-likeness (QED) is 0.198. The summed E-state index contributed by atoms with van der Waals surface area (Å²) in [6.45, 7) is 0. The molecule has 1 amide bonds. The summed E-state index contributed by atoms with van der Waals surface area (Å²) in [6.07, 6.45) is 3.24. The molecule has 160 valence electrons. The normalized spacial score (nSPS) is 10.9. The van der Waals surface area contributed by atoms with Crippen molar-refractivity contribution >= 4 is 23.4 Å². The first-order chi connectivity index (χ1) is 16.0. The van der Waals surface area contributed by atoms with Gasteiger partial charge in [-0.15, -0.1) is 0 Å². The first-order valence-electron chi connectivity index (χ1n) is 9.93. The average molecular weight is 435 g/mol. The Hall–Kier alpha value is -5.03. The molecule has 0 saturated carbocycles. The van der Waals surface area contributed by atoms with Crippen molar-refractivity contribution in [3.63, 3.8) is 0 Å². The van der Waals surface area contributed by atoms with Crippen molar-refractivity contribution in [1.82, 2.24) is 9.78 Å². The minimum atomic E-state index is -0.627. The van der Waals surface area contributed by atoms with Crippen molar-refractivity contribution in [2.45, 2.75) is 0 Å². The lowest BCUT2D eigenvalue weighted by molar-refractivity contribution is -0.384. The number of para-hydroxylation sites is 1. The first-order valence-corrected chi connectivity index (χ1v) is 9.93. The molecule has 1 heterocycles. The van der Waals surface area contributed by atoms with E-state index < -0.39 is 10.8 Å². The Morgan fingerprint density at radius 3 is 2.24 bits per heavy atom. The number of nitrogens with one attached hydrogen (secondary N) is 1. The molecule has 0 aliphatic carbocycles. The maximum atomic E-state index is 12.7. The monoisotopic (exact) mass is 435 g/mol. The molecular weight excluding hydrogens is 418 g/mol. The van der Waals surface area contributed by atoms with Crippen molar-refractivity contribution in [2.24, 2.45) is 0 Å². The van der Waals surface area contributed by atoms with Gasteiger partial charge in [0, 0.05) is 35.1 Å². The first kappa shape index (κ1) is 21.2. The largest absolute Gasteiger partial charge is 0.321 e. The summed E-state index contributed by atoms with van der Waals surface area (Å²) in [4.78, 5) is 23.0. The Morgan fingerprint density at radius 1 is 1.00 bits per heavy atom. The summed E-state index contributed by atoms with van der Waals surface area (Å²) in [5.74, 6) is -0.627. The number of benzene rings is 3. The van der Waals surface area contributed by atoms with Crippen LogP contribution in [0.25, 0.3) is 23.0 Å². The molecule has 4 aromatic rings. The van der Waals surface area contributed by atoms with E-state index in [0.29, 0.717) is 16.9 Å². The standard InChI is InChI=1S/C25H17N5O3/c26-16-19(25(31)27-21-11-13-23(14-12-21)30(32)33)15-20-17-29(22-9-5-2-6-10-22)28-24(20)18-7-3-1-4-8-18/h1-15,17H,(H,27,31). The number of rotatable bonds is 6. The molecule has 0 atom stereocenters. The molecule has 8 heteroatoms. The van der Waals surface area contributed by atoms with E-state index >= 15 is 0 Å². The van der Waals surface area contributed by atoms with E-state index in [1.807, 2.05) is 66.7 Å². The van der Waals surface area contributed by atoms with Crippen LogP contribution in [0.4, 0.5) is 11.4 Å². The van der Waals surface area contributed by atoms with Crippen LogP contribution in [-0.4, -0.2) is 20.6 Å². The lowest BCUT2D eigenvalue weighted by Crippen LogP contribution is -2.13. The Labute approximate surface area is 189 Å². The number of hydrogen-bond donors (Lipinski definition) is 1. The molecule has 8 nitrogen and oxygen atoms in total. The molecule has 33 heavy (non-hydrogen) atoms. The number of nitrogens with zero attached hydrogens (tertiary/aromatic N) is 4. The molecule has 0 bridgehead atoms. The van der Waals surface area contributed by atoms with Gasteiger partial charge in [0.05, 0.1) is 16.3 Å². The lowest BCUT2D eigenvalue weighted by atomic mass is 10.1. The predicted molar refractivity (Wildman–Crippen MR) is 124 cm³/mol. The van der Waals surface area contributed by atoms with E-state index in [4.69, 9.17) is 0 Å². The zero-order valence-corrected chi connectivity index (χ0v) is 17.3. The van der Waals surface area contributed by atoms with Crippen molar-refractivity contribution in [1.29, 1.82) is 5.26 Å². The van der Waals surface area contributed by atoms with Crippen LogP contribution >= 0.6 is 0 Å². The van der Waals surface area contributed by atoms with Gasteiger partial charge in [-0.2, -0.15) is 10.4 Å². The number of carbonyl (C=O) groups excluding carboxylic acids is 1. The van der Waals surface area contributed by atoms with Crippen LogP contribution in [0.5, 0.6) is 0 Å². The Balaban J connectivity index is 1.69. The third-order valence-corrected chi connectivity index (χ3v) is 4.81. The van der Waals surface area contributed by atoms with Gasteiger partial charge in [-0.25, -0.2) is 4.68 Å². The summed E-state index contributed by atoms with van der Waals surface area (Å²) in [5.41, 5.74) is 3.02. The molecule has 3 aromatic carbocycles. The van der Waals surface area contributed by atoms with Crippen LogP contribution in [0.3, 0.4) is 0 Å². The number of nitriles is 1. The van der Waals surface area contributed by atoms with E-state index in [9.17, 15) is 20.2 Å². The number of carbonyl (C=O) groups is 1. The fourth-order valence-electron chi connectivity index (χ4n) is 3.20. The molecule has 1 N–H and O–H groups in total. The van der Waals surface area contributed by atoms with E-state index in [2.05, 4.69) is 10.4 Å². The molecule has 0 fully saturated rings. The zero-order chi connectivity index (χ0) is 23.2. The Bertz CT molecular complexity index is 1370. The summed E-state index contributed by atoms with van der Waals surface area (Å²) < 4.78 is 1.69. The highest BCUT2D eigenvalue weighted by Crippen LogP contribution is 2.26. The Kier molecular flexibility index (Phi) is 6.05. The molecule has 4 rings (SSSR count). The average Bonchev–Trinajstić information content (AvgIpc) is 3.28. The summed E-state index contributed by atoms with van der Waals surface area (Å²) in [6, 6.07) is 26.3. The van der Waals surface area contributed by atoms with Crippen LogP contribution in [-0.2, 0) is 4.79 Å². The summed E-state index contributed by atoms with van der Waals surface area (Å²) >= 11 is 0. The van der Waals surface area contributed by atoms with Gasteiger partial charge in [0.2, 0.25) is 0 Å². The highest BCUT2D eigenvalue weighted by molar-refractivity contribution is 6.10. The van der Waals surface area contributed by atoms with Crippen LogP contribution in [0.15, 0.2) is 96.7 Å². The second-order valence-corrected chi connectivity index (χ2v) is 7.01. The Morgan fingerprint density at radius 2 is 1.64 bits per heavy atom. The van der Waals surface area contributed by atoms with E-state index in [0.717, 1.165) is 11.3 Å². The van der Waals surface area contributed by atoms with Crippen LogP contribution in [0.1, 0.15) is 5.56 Å². The molecule has 0 spiro atoms. The van der Waals surface area contributed by atoms with Gasteiger partial charge in [-0.1, -0.05) is 48.5 Å². The van der Waals surface area contributed by atoms with Crippen molar-refractivity contribution < 1.29 is 9.72 Å². The number of non-ortho nitro benzene ring substituents is 1. The van der Waals surface area contributed by atoms with Crippen molar-refractivity contribution in [3.8, 4) is 23.0 Å². The van der Waals surface area contributed by atoms with Crippen LogP contribution in [0, 0.1) is 21.4 Å². The van der Waals surface area contributed by atoms with E-state index in [-0.39, 0.29) is 11.3 Å². The minimum absolute atomic E-state index is 0.0927. The highest BCUT2D eigenvalue weighted by Gasteiger charge is 2.15. The van der Waals surface area contributed by atoms with Crippen LogP contribution < -0.4 is 5.32 Å². The van der Waals surface area contributed by atoms with Gasteiger partial charge in [0.25, 0.3) is 11.6 Å². The fraction of sp³-hybridized carbons (Fsp3) is 0. The van der Waals surface area contributed by atoms with Gasteiger partial charge in [-0.05, 0) is 30.3 Å². The molecule has 1 aromatic heterocycles. The molecule has 0 aliphatic rings. The second-order valence-electron chi connectivity index (χ2n) is 7.01. The van der Waals surface area contributed by atoms with Gasteiger partial charge in [0.1, 0.15) is 11.6 Å². The highest BCUT2D eigenvalue weighted by atomic mass is 16.6. The third-order valence-electron chi connectivity index (χ3n) is 4.81. The maximum Gasteiger partial charge on any atom is 0.269 e. The fourth-order valence-corrected chi connectivity index (χ4v) is 3.20. The summed E-state index contributed by atoms with van der Waals surface area (Å²) in [7, 11) is 0. The maximum absolute atomic E-state index is 12.7. The number of nitro benzene ring substituents is 1. The van der Waals surface area contributed by atoms with Gasteiger partial charge >= 0.3 is 0 Å². The molecular formula is C25H17N5O3. The number of aromatic nitrogens is 2.